The summed E-state index contributed by atoms with van der Waals surface area (Å²) in [4.78, 5) is 22.8. The second-order valence-electron chi connectivity index (χ2n) is 5.24. The summed E-state index contributed by atoms with van der Waals surface area (Å²) in [5.41, 5.74) is 0.813. The number of aryl methyl sites for hydroxylation is 1. The van der Waals surface area contributed by atoms with Gasteiger partial charge in [0.1, 0.15) is 5.56 Å². The highest BCUT2D eigenvalue weighted by Crippen LogP contribution is 2.20. The molecule has 0 bridgehead atoms. The van der Waals surface area contributed by atoms with Gasteiger partial charge in [0, 0.05) is 18.2 Å². The minimum absolute atomic E-state index is 0.0105. The van der Waals surface area contributed by atoms with Gasteiger partial charge in [0.25, 0.3) is 11.6 Å². The van der Waals surface area contributed by atoms with Crippen LogP contribution in [0.4, 0.5) is 5.69 Å². The molecule has 20 heavy (non-hydrogen) atoms. The molecule has 2 N–H and O–H groups in total. The first-order chi connectivity index (χ1) is 9.49. The Hall–Kier alpha value is -1.95. The first-order valence-electron chi connectivity index (χ1n) is 6.78. The van der Waals surface area contributed by atoms with Crippen LogP contribution in [0.15, 0.2) is 18.2 Å². The smallest absolute Gasteiger partial charge is 0.282 e. The molecular formula is C14H19N3O3. The zero-order valence-electron chi connectivity index (χ0n) is 11.7. The molecule has 1 aliphatic heterocycles. The Morgan fingerprint density at radius 1 is 1.50 bits per heavy atom. The Labute approximate surface area is 117 Å². The summed E-state index contributed by atoms with van der Waals surface area (Å²) >= 11 is 0. The van der Waals surface area contributed by atoms with Crippen LogP contribution in [0.3, 0.4) is 0 Å². The summed E-state index contributed by atoms with van der Waals surface area (Å²) in [7, 11) is 0. The molecule has 0 aliphatic carbocycles. The number of nitrogens with one attached hydrogen (secondary N) is 2. The van der Waals surface area contributed by atoms with Gasteiger partial charge in [0.15, 0.2) is 0 Å². The zero-order chi connectivity index (χ0) is 14.7. The maximum absolute atomic E-state index is 12.3. The number of hydrogen-bond acceptors (Lipinski definition) is 4. The molecule has 2 atom stereocenters. The molecule has 1 aromatic carbocycles. The minimum Gasteiger partial charge on any atom is -0.348 e. The van der Waals surface area contributed by atoms with Gasteiger partial charge in [-0.2, -0.15) is 0 Å². The maximum Gasteiger partial charge on any atom is 0.282 e. The van der Waals surface area contributed by atoms with Crippen LogP contribution in [-0.4, -0.2) is 29.5 Å². The van der Waals surface area contributed by atoms with Crippen molar-refractivity contribution < 1.29 is 9.72 Å². The largest absolute Gasteiger partial charge is 0.348 e. The molecule has 1 amide bonds. The molecule has 0 saturated carbocycles. The number of piperidine rings is 1. The van der Waals surface area contributed by atoms with Gasteiger partial charge >= 0.3 is 0 Å². The van der Waals surface area contributed by atoms with Crippen molar-refractivity contribution in [3.8, 4) is 0 Å². The number of hydrogen-bond donors (Lipinski definition) is 2. The van der Waals surface area contributed by atoms with Gasteiger partial charge in [0.05, 0.1) is 4.92 Å². The van der Waals surface area contributed by atoms with Gasteiger partial charge in [-0.25, -0.2) is 0 Å². The Morgan fingerprint density at radius 2 is 2.25 bits per heavy atom. The first-order valence-corrected chi connectivity index (χ1v) is 6.78. The van der Waals surface area contributed by atoms with E-state index >= 15 is 0 Å². The number of nitro benzene ring substituents is 1. The lowest BCUT2D eigenvalue weighted by atomic mass is 9.99. The van der Waals surface area contributed by atoms with Crippen LogP contribution < -0.4 is 10.6 Å². The Kier molecular flexibility index (Phi) is 4.34. The van der Waals surface area contributed by atoms with E-state index < -0.39 is 4.92 Å². The van der Waals surface area contributed by atoms with E-state index in [1.165, 1.54) is 6.07 Å². The molecule has 1 saturated heterocycles. The van der Waals surface area contributed by atoms with Crippen molar-refractivity contribution in [1.29, 1.82) is 0 Å². The lowest BCUT2D eigenvalue weighted by Gasteiger charge is -2.30. The van der Waals surface area contributed by atoms with Crippen LogP contribution in [0.5, 0.6) is 0 Å². The lowest BCUT2D eigenvalue weighted by molar-refractivity contribution is -0.385. The van der Waals surface area contributed by atoms with Crippen molar-refractivity contribution >= 4 is 11.6 Å². The van der Waals surface area contributed by atoms with E-state index in [1.807, 2.05) is 13.8 Å². The van der Waals surface area contributed by atoms with E-state index in [9.17, 15) is 14.9 Å². The van der Waals surface area contributed by atoms with E-state index in [-0.39, 0.29) is 29.2 Å². The van der Waals surface area contributed by atoms with Crippen molar-refractivity contribution in [3.63, 3.8) is 0 Å². The average molecular weight is 277 g/mol. The fraction of sp³-hybridized carbons (Fsp3) is 0.500. The van der Waals surface area contributed by atoms with E-state index in [0.29, 0.717) is 0 Å². The van der Waals surface area contributed by atoms with E-state index in [2.05, 4.69) is 10.6 Å². The molecular weight excluding hydrogens is 258 g/mol. The predicted molar refractivity (Wildman–Crippen MR) is 75.8 cm³/mol. The molecule has 1 aliphatic rings. The summed E-state index contributed by atoms with van der Waals surface area (Å²) in [6.45, 7) is 4.76. The van der Waals surface area contributed by atoms with Crippen LogP contribution in [-0.2, 0) is 0 Å². The van der Waals surface area contributed by atoms with Crippen molar-refractivity contribution in [3.05, 3.63) is 39.4 Å². The number of benzene rings is 1. The van der Waals surface area contributed by atoms with Crippen molar-refractivity contribution in [2.75, 3.05) is 6.54 Å². The third kappa shape index (κ3) is 3.14. The molecule has 0 spiro atoms. The number of nitro groups is 1. The topological polar surface area (TPSA) is 84.3 Å². The summed E-state index contributed by atoms with van der Waals surface area (Å²) in [6, 6.07) is 4.77. The van der Waals surface area contributed by atoms with Crippen molar-refractivity contribution in [2.45, 2.75) is 38.8 Å². The number of amides is 1. The molecule has 0 aromatic heterocycles. The highest BCUT2D eigenvalue weighted by molar-refractivity contribution is 5.98. The SMILES string of the molecule is Cc1ccc([N+](=O)[O-])c(C(=O)NC2CCCNC2C)c1. The molecule has 0 radical (unpaired) electrons. The van der Waals surface area contributed by atoms with Gasteiger partial charge in [-0.3, -0.25) is 14.9 Å². The highest BCUT2D eigenvalue weighted by Gasteiger charge is 2.26. The van der Waals surface area contributed by atoms with E-state index in [0.717, 1.165) is 24.9 Å². The summed E-state index contributed by atoms with van der Waals surface area (Å²) in [5, 5.41) is 17.2. The Morgan fingerprint density at radius 3 is 2.90 bits per heavy atom. The van der Waals surface area contributed by atoms with Crippen LogP contribution in [0.1, 0.15) is 35.7 Å². The Bertz CT molecular complexity index is 530. The predicted octanol–water partition coefficient (Wildman–Crippen LogP) is 1.77. The molecule has 1 heterocycles. The third-order valence-electron chi connectivity index (χ3n) is 3.67. The van der Waals surface area contributed by atoms with Crippen LogP contribution >= 0.6 is 0 Å². The molecule has 1 fully saturated rings. The van der Waals surface area contributed by atoms with Crippen molar-refractivity contribution in [2.24, 2.45) is 0 Å². The molecule has 2 rings (SSSR count). The number of nitrogens with zero attached hydrogens (tertiary/aromatic N) is 1. The van der Waals surface area contributed by atoms with Gasteiger partial charge in [0.2, 0.25) is 0 Å². The normalized spacial score (nSPS) is 22.3. The van der Waals surface area contributed by atoms with Crippen LogP contribution in [0.25, 0.3) is 0 Å². The zero-order valence-corrected chi connectivity index (χ0v) is 11.7. The third-order valence-corrected chi connectivity index (χ3v) is 3.67. The summed E-state index contributed by atoms with van der Waals surface area (Å²) < 4.78 is 0. The fourth-order valence-electron chi connectivity index (χ4n) is 2.48. The number of rotatable bonds is 3. The van der Waals surface area contributed by atoms with Crippen LogP contribution in [0.2, 0.25) is 0 Å². The molecule has 6 heteroatoms. The second kappa shape index (κ2) is 6.00. The van der Waals surface area contributed by atoms with Crippen LogP contribution in [0, 0.1) is 17.0 Å². The molecule has 108 valence electrons. The average Bonchev–Trinajstić information content (AvgIpc) is 2.40. The van der Waals surface area contributed by atoms with Gasteiger partial charge < -0.3 is 10.6 Å². The quantitative estimate of drug-likeness (QED) is 0.651. The monoisotopic (exact) mass is 277 g/mol. The molecule has 1 aromatic rings. The maximum atomic E-state index is 12.3. The molecule has 2 unspecified atom stereocenters. The summed E-state index contributed by atoms with van der Waals surface area (Å²) in [5.74, 6) is -0.374. The Balaban J connectivity index is 2.20. The highest BCUT2D eigenvalue weighted by atomic mass is 16.6. The summed E-state index contributed by atoms with van der Waals surface area (Å²) in [6.07, 6.45) is 1.88. The second-order valence-corrected chi connectivity index (χ2v) is 5.24. The minimum atomic E-state index is -0.517. The molecule has 6 nitrogen and oxygen atoms in total. The van der Waals surface area contributed by atoms with E-state index in [4.69, 9.17) is 0 Å². The van der Waals surface area contributed by atoms with Gasteiger partial charge in [-0.1, -0.05) is 6.07 Å². The first kappa shape index (κ1) is 14.5. The lowest BCUT2D eigenvalue weighted by Crippen LogP contribution is -2.51. The number of carbonyl (C=O) groups is 1. The van der Waals surface area contributed by atoms with Gasteiger partial charge in [-0.15, -0.1) is 0 Å². The fourth-order valence-corrected chi connectivity index (χ4v) is 2.48. The van der Waals surface area contributed by atoms with E-state index in [1.54, 1.807) is 12.1 Å². The number of carbonyl (C=O) groups excluding carboxylic acids is 1. The standard InChI is InChI=1S/C14H19N3O3/c1-9-5-6-13(17(19)20)11(8-9)14(18)16-12-4-3-7-15-10(12)2/h5-6,8,10,12,15H,3-4,7H2,1-2H3,(H,16,18). The van der Waals surface area contributed by atoms with Crippen molar-refractivity contribution in [1.82, 2.24) is 10.6 Å². The van der Waals surface area contributed by atoms with Gasteiger partial charge in [-0.05, 0) is 44.9 Å².